The van der Waals surface area contributed by atoms with E-state index in [9.17, 15) is 9.59 Å². The summed E-state index contributed by atoms with van der Waals surface area (Å²) < 4.78 is 5.61. The predicted molar refractivity (Wildman–Crippen MR) is 65.5 cm³/mol. The summed E-state index contributed by atoms with van der Waals surface area (Å²) in [5.74, 6) is -0.234. The molecule has 6 heteroatoms. The van der Waals surface area contributed by atoms with E-state index in [-0.39, 0.29) is 23.9 Å². The van der Waals surface area contributed by atoms with E-state index in [0.29, 0.717) is 19.6 Å². The highest BCUT2D eigenvalue weighted by Gasteiger charge is 2.46. The SMILES string of the molecule is O=C(c1cccnn1)N1CC[C@@]2(CCCO2)C(=O)C1. The third-order valence-electron chi connectivity index (χ3n) is 3.81. The molecule has 0 bridgehead atoms. The molecule has 19 heavy (non-hydrogen) atoms. The number of aromatic nitrogens is 2. The van der Waals surface area contributed by atoms with Crippen LogP contribution in [0.5, 0.6) is 0 Å². The third-order valence-corrected chi connectivity index (χ3v) is 3.81. The van der Waals surface area contributed by atoms with Crippen molar-refractivity contribution >= 4 is 11.7 Å². The van der Waals surface area contributed by atoms with Gasteiger partial charge < -0.3 is 9.64 Å². The van der Waals surface area contributed by atoms with Crippen molar-refractivity contribution in [1.29, 1.82) is 0 Å². The van der Waals surface area contributed by atoms with Crippen LogP contribution in [0.4, 0.5) is 0 Å². The first kappa shape index (κ1) is 12.2. The average molecular weight is 261 g/mol. The number of hydrogen-bond donors (Lipinski definition) is 0. The van der Waals surface area contributed by atoms with Crippen LogP contribution < -0.4 is 0 Å². The van der Waals surface area contributed by atoms with Gasteiger partial charge in [-0.2, -0.15) is 5.10 Å². The highest BCUT2D eigenvalue weighted by Crippen LogP contribution is 2.33. The Hall–Kier alpha value is -1.82. The summed E-state index contributed by atoms with van der Waals surface area (Å²) >= 11 is 0. The minimum atomic E-state index is -0.626. The summed E-state index contributed by atoms with van der Waals surface area (Å²) in [6.07, 6.45) is 3.79. The molecule has 0 aliphatic carbocycles. The number of hydrogen-bond acceptors (Lipinski definition) is 5. The number of piperidine rings is 1. The van der Waals surface area contributed by atoms with E-state index in [2.05, 4.69) is 10.2 Å². The number of ether oxygens (including phenoxy) is 1. The molecule has 0 unspecified atom stereocenters. The second kappa shape index (κ2) is 4.70. The van der Waals surface area contributed by atoms with Gasteiger partial charge in [-0.25, -0.2) is 0 Å². The summed E-state index contributed by atoms with van der Waals surface area (Å²) in [4.78, 5) is 25.9. The van der Waals surface area contributed by atoms with Crippen LogP contribution in [-0.4, -0.2) is 52.1 Å². The van der Waals surface area contributed by atoms with Crippen molar-refractivity contribution in [2.45, 2.75) is 24.9 Å². The van der Waals surface area contributed by atoms with E-state index in [0.717, 1.165) is 12.8 Å². The molecule has 1 spiro atoms. The fourth-order valence-corrected chi connectivity index (χ4v) is 2.72. The van der Waals surface area contributed by atoms with Gasteiger partial charge >= 0.3 is 0 Å². The van der Waals surface area contributed by atoms with Gasteiger partial charge in [0.25, 0.3) is 5.91 Å². The minimum Gasteiger partial charge on any atom is -0.367 e. The van der Waals surface area contributed by atoms with E-state index in [4.69, 9.17) is 4.74 Å². The highest BCUT2D eigenvalue weighted by molar-refractivity contribution is 5.98. The van der Waals surface area contributed by atoms with Crippen molar-refractivity contribution in [3.63, 3.8) is 0 Å². The van der Waals surface area contributed by atoms with Crippen molar-refractivity contribution in [2.24, 2.45) is 0 Å². The van der Waals surface area contributed by atoms with Crippen molar-refractivity contribution in [3.05, 3.63) is 24.0 Å². The monoisotopic (exact) mass is 261 g/mol. The number of carbonyl (C=O) groups excluding carboxylic acids is 2. The van der Waals surface area contributed by atoms with E-state index in [1.165, 1.54) is 11.1 Å². The maximum Gasteiger partial charge on any atom is 0.274 e. The van der Waals surface area contributed by atoms with Crippen LogP contribution in [0.3, 0.4) is 0 Å². The molecule has 0 saturated carbocycles. The van der Waals surface area contributed by atoms with Gasteiger partial charge in [0.05, 0.1) is 6.54 Å². The van der Waals surface area contributed by atoms with Crippen LogP contribution in [-0.2, 0) is 9.53 Å². The number of likely N-dealkylation sites (tertiary alicyclic amines) is 1. The maximum absolute atomic E-state index is 12.2. The summed E-state index contributed by atoms with van der Waals surface area (Å²) in [6, 6.07) is 3.27. The Balaban J connectivity index is 1.72. The van der Waals surface area contributed by atoms with Crippen molar-refractivity contribution in [3.8, 4) is 0 Å². The zero-order chi connectivity index (χ0) is 13.3. The zero-order valence-electron chi connectivity index (χ0n) is 10.5. The third kappa shape index (κ3) is 2.12. The molecule has 1 aromatic rings. The molecule has 3 rings (SSSR count). The van der Waals surface area contributed by atoms with Gasteiger partial charge in [-0.15, -0.1) is 5.10 Å². The van der Waals surface area contributed by atoms with Crippen LogP contribution in [0.2, 0.25) is 0 Å². The lowest BCUT2D eigenvalue weighted by atomic mass is 9.87. The Labute approximate surface area is 110 Å². The predicted octanol–water partition coefficient (Wildman–Crippen LogP) is 0.441. The second-order valence-corrected chi connectivity index (χ2v) is 4.96. The molecule has 2 aliphatic rings. The van der Waals surface area contributed by atoms with Crippen LogP contribution in [0.15, 0.2) is 18.3 Å². The first-order chi connectivity index (χ1) is 9.21. The van der Waals surface area contributed by atoms with Crippen molar-refractivity contribution in [1.82, 2.24) is 15.1 Å². The lowest BCUT2D eigenvalue weighted by Gasteiger charge is -2.36. The van der Waals surface area contributed by atoms with Gasteiger partial charge in [-0.05, 0) is 25.0 Å². The molecule has 1 aromatic heterocycles. The molecule has 1 amide bonds. The topological polar surface area (TPSA) is 72.4 Å². The number of carbonyl (C=O) groups is 2. The molecule has 1 atom stereocenters. The summed E-state index contributed by atoms with van der Waals surface area (Å²) in [7, 11) is 0. The van der Waals surface area contributed by atoms with Crippen molar-refractivity contribution < 1.29 is 14.3 Å². The molecule has 100 valence electrons. The van der Waals surface area contributed by atoms with E-state index >= 15 is 0 Å². The van der Waals surface area contributed by atoms with Crippen LogP contribution >= 0.6 is 0 Å². The molecule has 0 N–H and O–H groups in total. The smallest absolute Gasteiger partial charge is 0.274 e. The number of ketones is 1. The molecule has 3 heterocycles. The minimum absolute atomic E-state index is 0.00786. The molecule has 0 radical (unpaired) electrons. The first-order valence-electron chi connectivity index (χ1n) is 6.45. The lowest BCUT2D eigenvalue weighted by Crippen LogP contribution is -2.53. The van der Waals surface area contributed by atoms with Gasteiger partial charge in [-0.3, -0.25) is 9.59 Å². The lowest BCUT2D eigenvalue weighted by molar-refractivity contribution is -0.144. The van der Waals surface area contributed by atoms with E-state index < -0.39 is 5.60 Å². The molecule has 0 aromatic carbocycles. The van der Waals surface area contributed by atoms with E-state index in [1.54, 1.807) is 12.1 Å². The van der Waals surface area contributed by atoms with Crippen LogP contribution in [0, 0.1) is 0 Å². The van der Waals surface area contributed by atoms with Gasteiger partial charge in [-0.1, -0.05) is 0 Å². The van der Waals surface area contributed by atoms with Gasteiger partial charge in [0.1, 0.15) is 5.60 Å². The van der Waals surface area contributed by atoms with Gasteiger partial charge in [0.2, 0.25) is 0 Å². The summed E-state index contributed by atoms with van der Waals surface area (Å²) in [5, 5.41) is 7.47. The number of rotatable bonds is 1. The molecule has 2 fully saturated rings. The van der Waals surface area contributed by atoms with Gasteiger partial charge in [0.15, 0.2) is 11.5 Å². The molecule has 2 aliphatic heterocycles. The highest BCUT2D eigenvalue weighted by atomic mass is 16.5. The summed E-state index contributed by atoms with van der Waals surface area (Å²) in [6.45, 7) is 1.28. The quantitative estimate of drug-likeness (QED) is 0.733. The molecular formula is C13H15N3O3. The fraction of sp³-hybridized carbons (Fsp3) is 0.538. The Morgan fingerprint density at radius 1 is 1.42 bits per heavy atom. The number of Topliss-reactive ketones (excluding diaryl/α,β-unsaturated/α-hetero) is 1. The molecular weight excluding hydrogens is 246 g/mol. The summed E-state index contributed by atoms with van der Waals surface area (Å²) in [5.41, 5.74) is -0.349. The Morgan fingerprint density at radius 3 is 2.95 bits per heavy atom. The molecule has 2 saturated heterocycles. The van der Waals surface area contributed by atoms with Gasteiger partial charge in [0, 0.05) is 25.8 Å². The maximum atomic E-state index is 12.2. The van der Waals surface area contributed by atoms with Crippen LogP contribution in [0.1, 0.15) is 29.8 Å². The zero-order valence-corrected chi connectivity index (χ0v) is 10.5. The first-order valence-corrected chi connectivity index (χ1v) is 6.45. The largest absolute Gasteiger partial charge is 0.367 e. The Bertz CT molecular complexity index is 497. The average Bonchev–Trinajstić information content (AvgIpc) is 2.92. The normalized spacial score (nSPS) is 26.9. The van der Waals surface area contributed by atoms with Crippen LogP contribution in [0.25, 0.3) is 0 Å². The van der Waals surface area contributed by atoms with E-state index in [1.807, 2.05) is 0 Å². The Kier molecular flexibility index (Phi) is 3.02. The second-order valence-electron chi connectivity index (χ2n) is 4.96. The standard InChI is InChI=1S/C13H15N3O3/c17-11-9-16(7-5-13(11)4-2-8-19-13)12(18)10-3-1-6-14-15-10/h1,3,6H,2,4-5,7-9H2/t13-/m0/s1. The van der Waals surface area contributed by atoms with Crippen molar-refractivity contribution in [2.75, 3.05) is 19.7 Å². The number of amides is 1. The molecule has 6 nitrogen and oxygen atoms in total. The Morgan fingerprint density at radius 2 is 2.32 bits per heavy atom. The fourth-order valence-electron chi connectivity index (χ4n) is 2.72. The number of nitrogens with zero attached hydrogens (tertiary/aromatic N) is 3.